The molecular weight excluding hydrogens is 216 g/mol. The predicted octanol–water partition coefficient (Wildman–Crippen LogP) is 1.35. The van der Waals surface area contributed by atoms with Crippen molar-refractivity contribution in [2.24, 2.45) is 10.9 Å². The van der Waals surface area contributed by atoms with E-state index >= 15 is 0 Å². The van der Waals surface area contributed by atoms with Crippen molar-refractivity contribution in [3.8, 4) is 0 Å². The third-order valence-corrected chi connectivity index (χ3v) is 4.39. The van der Waals surface area contributed by atoms with Crippen molar-refractivity contribution in [2.45, 2.75) is 12.8 Å². The van der Waals surface area contributed by atoms with Crippen molar-refractivity contribution in [3.05, 3.63) is 0 Å². The van der Waals surface area contributed by atoms with Gasteiger partial charge in [-0.1, -0.05) is 11.8 Å². The van der Waals surface area contributed by atoms with Crippen LogP contribution in [0, 0.1) is 5.92 Å². The molecule has 1 saturated heterocycles. The Morgan fingerprint density at radius 1 is 1.43 bits per heavy atom. The van der Waals surface area contributed by atoms with E-state index in [1.54, 1.807) is 0 Å². The fourth-order valence-electron chi connectivity index (χ4n) is 1.58. The molecular formula is C9H14N2OS2. The van der Waals surface area contributed by atoms with Gasteiger partial charge in [0.1, 0.15) is 0 Å². The summed E-state index contributed by atoms with van der Waals surface area (Å²) in [5.41, 5.74) is 0. The summed E-state index contributed by atoms with van der Waals surface area (Å²) in [6, 6.07) is 0. The van der Waals surface area contributed by atoms with Gasteiger partial charge in [0, 0.05) is 6.54 Å². The van der Waals surface area contributed by atoms with Gasteiger partial charge in [-0.2, -0.15) is 16.8 Å². The first-order chi connectivity index (χ1) is 6.84. The lowest BCUT2D eigenvalue weighted by atomic mass is 10.0. The van der Waals surface area contributed by atoms with Gasteiger partial charge in [0.05, 0.1) is 5.75 Å². The number of nitrogens with zero attached hydrogens (tertiary/aromatic N) is 1. The Morgan fingerprint density at radius 3 is 2.86 bits per heavy atom. The fourth-order valence-corrected chi connectivity index (χ4v) is 3.46. The van der Waals surface area contributed by atoms with Crippen LogP contribution in [0.5, 0.6) is 0 Å². The molecule has 1 fully saturated rings. The normalized spacial score (nSPS) is 23.7. The second-order valence-electron chi connectivity index (χ2n) is 3.54. The maximum Gasteiger partial charge on any atom is 0.258 e. The van der Waals surface area contributed by atoms with Gasteiger partial charge in [0.15, 0.2) is 5.17 Å². The van der Waals surface area contributed by atoms with E-state index in [4.69, 9.17) is 0 Å². The highest BCUT2D eigenvalue weighted by Gasteiger charge is 2.17. The Hall–Kier alpha value is -0.160. The molecule has 3 nitrogen and oxygen atoms in total. The second kappa shape index (κ2) is 5.07. The molecule has 0 bridgehead atoms. The van der Waals surface area contributed by atoms with Crippen LogP contribution < -0.4 is 5.32 Å². The zero-order valence-electron chi connectivity index (χ0n) is 7.99. The molecule has 2 aliphatic heterocycles. The van der Waals surface area contributed by atoms with Crippen LogP contribution in [0.25, 0.3) is 0 Å². The zero-order chi connectivity index (χ0) is 9.80. The van der Waals surface area contributed by atoms with Crippen LogP contribution >= 0.6 is 23.5 Å². The maximum atomic E-state index is 10.9. The molecule has 0 aromatic carbocycles. The van der Waals surface area contributed by atoms with Gasteiger partial charge in [-0.3, -0.25) is 4.79 Å². The van der Waals surface area contributed by atoms with E-state index < -0.39 is 0 Å². The fraction of sp³-hybridized carbons (Fsp3) is 0.778. The van der Waals surface area contributed by atoms with E-state index in [1.165, 1.54) is 36.1 Å². The van der Waals surface area contributed by atoms with E-state index in [2.05, 4.69) is 10.3 Å². The molecule has 0 radical (unpaired) electrons. The number of carbonyl (C=O) groups excluding carboxylic acids is 1. The molecule has 0 unspecified atom stereocenters. The molecule has 2 rings (SSSR count). The van der Waals surface area contributed by atoms with Crippen molar-refractivity contribution in [2.75, 3.05) is 23.8 Å². The van der Waals surface area contributed by atoms with Gasteiger partial charge in [-0.15, -0.1) is 0 Å². The van der Waals surface area contributed by atoms with Gasteiger partial charge in [-0.05, 0) is 30.3 Å². The number of hydrogen-bond donors (Lipinski definition) is 1. The van der Waals surface area contributed by atoms with Crippen LogP contribution in [-0.4, -0.2) is 34.9 Å². The number of aliphatic imine (C=N–C) groups is 1. The lowest BCUT2D eigenvalue weighted by Crippen LogP contribution is -2.28. The topological polar surface area (TPSA) is 41.5 Å². The molecule has 78 valence electrons. The minimum absolute atomic E-state index is 0.00306. The van der Waals surface area contributed by atoms with E-state index in [9.17, 15) is 4.79 Å². The molecule has 1 N–H and O–H groups in total. The summed E-state index contributed by atoms with van der Waals surface area (Å²) in [5.74, 6) is 3.85. The highest BCUT2D eigenvalue weighted by Crippen LogP contribution is 2.22. The number of nitrogens with one attached hydrogen (secondary N) is 1. The first kappa shape index (κ1) is 10.4. The number of amides is 1. The maximum absolute atomic E-state index is 10.9. The van der Waals surface area contributed by atoms with Crippen molar-refractivity contribution >= 4 is 34.6 Å². The van der Waals surface area contributed by atoms with Gasteiger partial charge in [0.25, 0.3) is 5.91 Å². The summed E-state index contributed by atoms with van der Waals surface area (Å²) in [5, 5.41) is 4.09. The summed E-state index contributed by atoms with van der Waals surface area (Å²) in [4.78, 5) is 14.8. The molecule has 0 aromatic rings. The van der Waals surface area contributed by atoms with Crippen molar-refractivity contribution in [3.63, 3.8) is 0 Å². The third kappa shape index (κ3) is 2.92. The summed E-state index contributed by atoms with van der Waals surface area (Å²) in [6.07, 6.45) is 2.59. The Morgan fingerprint density at radius 2 is 2.21 bits per heavy atom. The Balaban J connectivity index is 1.71. The molecule has 2 aliphatic rings. The Kier molecular flexibility index (Phi) is 3.75. The van der Waals surface area contributed by atoms with Crippen LogP contribution in [-0.2, 0) is 4.79 Å². The van der Waals surface area contributed by atoms with Crippen LogP contribution in [0.3, 0.4) is 0 Å². The summed E-state index contributed by atoms with van der Waals surface area (Å²) in [6.45, 7) is 0.986. The minimum Gasteiger partial charge on any atom is -0.364 e. The van der Waals surface area contributed by atoms with Crippen molar-refractivity contribution in [1.82, 2.24) is 5.32 Å². The van der Waals surface area contributed by atoms with Crippen molar-refractivity contribution < 1.29 is 4.79 Å². The third-order valence-electron chi connectivity index (χ3n) is 2.44. The standard InChI is InChI=1S/C9H14N2OS2/c12-8-6-14-9(11-8)10-5-7-1-3-13-4-2-7/h7H,1-6H2,(H,10,11,12). The van der Waals surface area contributed by atoms with E-state index in [-0.39, 0.29) is 5.91 Å². The highest BCUT2D eigenvalue weighted by molar-refractivity contribution is 8.14. The van der Waals surface area contributed by atoms with Crippen molar-refractivity contribution in [1.29, 1.82) is 0 Å². The Bertz CT molecular complexity index is 249. The highest BCUT2D eigenvalue weighted by atomic mass is 32.2. The Labute approximate surface area is 92.5 Å². The minimum atomic E-state index is -0.00306. The van der Waals surface area contributed by atoms with E-state index in [0.717, 1.165) is 17.6 Å². The summed E-state index contributed by atoms with van der Waals surface area (Å²) >= 11 is 3.56. The SMILES string of the molecule is O=C1CSC(NCC2CCSCC2)=N1. The quantitative estimate of drug-likeness (QED) is 0.777. The van der Waals surface area contributed by atoms with Gasteiger partial charge in [0.2, 0.25) is 0 Å². The number of rotatable bonds is 2. The smallest absolute Gasteiger partial charge is 0.258 e. The lowest BCUT2D eigenvalue weighted by Gasteiger charge is -2.21. The summed E-state index contributed by atoms with van der Waals surface area (Å²) < 4.78 is 0. The average molecular weight is 230 g/mol. The number of carbonyl (C=O) groups is 1. The lowest BCUT2D eigenvalue weighted by molar-refractivity contribution is -0.115. The molecule has 14 heavy (non-hydrogen) atoms. The van der Waals surface area contributed by atoms with Crippen LogP contribution in [0.15, 0.2) is 4.99 Å². The molecule has 0 atom stereocenters. The average Bonchev–Trinajstić information content (AvgIpc) is 2.63. The molecule has 2 heterocycles. The molecule has 0 aliphatic carbocycles. The van der Waals surface area contributed by atoms with E-state index in [0.29, 0.717) is 5.75 Å². The molecule has 0 spiro atoms. The zero-order valence-corrected chi connectivity index (χ0v) is 9.62. The molecule has 0 saturated carbocycles. The summed E-state index contributed by atoms with van der Waals surface area (Å²) in [7, 11) is 0. The second-order valence-corrected chi connectivity index (χ2v) is 5.72. The number of hydrogen-bond acceptors (Lipinski definition) is 4. The van der Waals surface area contributed by atoms with Gasteiger partial charge in [-0.25, -0.2) is 0 Å². The number of amidine groups is 1. The molecule has 5 heteroatoms. The molecule has 1 amide bonds. The van der Waals surface area contributed by atoms with Gasteiger partial charge < -0.3 is 5.32 Å². The van der Waals surface area contributed by atoms with E-state index in [1.807, 2.05) is 11.8 Å². The monoisotopic (exact) mass is 230 g/mol. The molecule has 0 aromatic heterocycles. The largest absolute Gasteiger partial charge is 0.364 e. The predicted molar refractivity (Wildman–Crippen MR) is 63.0 cm³/mol. The van der Waals surface area contributed by atoms with Gasteiger partial charge >= 0.3 is 0 Å². The first-order valence-corrected chi connectivity index (χ1v) is 7.04. The first-order valence-electron chi connectivity index (χ1n) is 4.90. The number of thioether (sulfide) groups is 2. The van der Waals surface area contributed by atoms with Crippen LogP contribution in [0.2, 0.25) is 0 Å². The van der Waals surface area contributed by atoms with Crippen LogP contribution in [0.4, 0.5) is 0 Å². The van der Waals surface area contributed by atoms with Crippen LogP contribution in [0.1, 0.15) is 12.8 Å².